The molecule has 1 rings (SSSR count). The zero-order valence-electron chi connectivity index (χ0n) is 9.87. The highest BCUT2D eigenvalue weighted by Gasteiger charge is 2.30. The van der Waals surface area contributed by atoms with Crippen molar-refractivity contribution in [1.82, 2.24) is 5.43 Å². The van der Waals surface area contributed by atoms with E-state index in [1.165, 1.54) is 12.1 Å². The van der Waals surface area contributed by atoms with Gasteiger partial charge in [-0.1, -0.05) is 12.1 Å². The fourth-order valence-electron chi connectivity index (χ4n) is 1.40. The number of rotatable bonds is 4. The molecule has 19 heavy (non-hydrogen) atoms. The van der Waals surface area contributed by atoms with Gasteiger partial charge in [0.15, 0.2) is 5.11 Å². The third kappa shape index (κ3) is 4.84. The summed E-state index contributed by atoms with van der Waals surface area (Å²) < 4.78 is 37.8. The molecule has 0 aliphatic heterocycles. The molecule has 0 aliphatic rings. The second-order valence-electron chi connectivity index (χ2n) is 3.65. The van der Waals surface area contributed by atoms with E-state index in [0.717, 1.165) is 12.1 Å². The van der Waals surface area contributed by atoms with Crippen molar-refractivity contribution >= 4 is 23.0 Å². The minimum atomic E-state index is -4.40. The van der Waals surface area contributed by atoms with Crippen LogP contribution in [0, 0.1) is 0 Å². The highest BCUT2D eigenvalue weighted by Crippen LogP contribution is 2.29. The van der Waals surface area contributed by atoms with Crippen LogP contribution in [0.1, 0.15) is 17.5 Å². The van der Waals surface area contributed by atoms with E-state index in [9.17, 15) is 13.2 Å². The van der Waals surface area contributed by atoms with E-state index in [-0.39, 0.29) is 11.7 Å². The number of hydrogen-bond donors (Lipinski definition) is 3. The van der Waals surface area contributed by atoms with E-state index < -0.39 is 11.7 Å². The lowest BCUT2D eigenvalue weighted by molar-refractivity contribution is -0.137. The zero-order chi connectivity index (χ0) is 14.5. The fourth-order valence-corrected chi connectivity index (χ4v) is 1.44. The van der Waals surface area contributed by atoms with Crippen LogP contribution in [-0.4, -0.2) is 17.4 Å². The van der Waals surface area contributed by atoms with Gasteiger partial charge in [0.05, 0.1) is 11.3 Å². The van der Waals surface area contributed by atoms with Crippen molar-refractivity contribution in [3.05, 3.63) is 35.4 Å². The third-order valence-corrected chi connectivity index (χ3v) is 2.30. The number of nitrogens with one attached hydrogen (secondary N) is 1. The lowest BCUT2D eigenvalue weighted by Gasteiger charge is -2.10. The molecule has 1 aromatic rings. The number of alkyl halides is 3. The topological polar surface area (TPSA) is 76.4 Å². The second kappa shape index (κ2) is 6.48. The Morgan fingerprint density at radius 3 is 2.58 bits per heavy atom. The summed E-state index contributed by atoms with van der Waals surface area (Å²) >= 11 is 4.58. The van der Waals surface area contributed by atoms with Gasteiger partial charge in [-0.3, -0.25) is 5.43 Å². The van der Waals surface area contributed by atoms with E-state index in [0.29, 0.717) is 17.7 Å². The maximum Gasteiger partial charge on any atom is 0.416 e. The van der Waals surface area contributed by atoms with Gasteiger partial charge in [0, 0.05) is 6.42 Å². The van der Waals surface area contributed by atoms with E-state index in [1.54, 1.807) is 0 Å². The predicted molar refractivity (Wildman–Crippen MR) is 71.6 cm³/mol. The normalized spacial score (nSPS) is 12.3. The van der Waals surface area contributed by atoms with Crippen molar-refractivity contribution < 1.29 is 13.2 Å². The molecule has 4 nitrogen and oxygen atoms in total. The number of hydrazone groups is 1. The number of nitrogens with zero attached hydrogens (tertiary/aromatic N) is 1. The maximum absolute atomic E-state index is 12.6. The first-order valence-electron chi connectivity index (χ1n) is 5.34. The zero-order valence-corrected chi connectivity index (χ0v) is 10.7. The van der Waals surface area contributed by atoms with Gasteiger partial charge in [0.1, 0.15) is 0 Å². The molecule has 0 radical (unpaired) electrons. The van der Waals surface area contributed by atoms with E-state index in [2.05, 4.69) is 22.7 Å². The van der Waals surface area contributed by atoms with Gasteiger partial charge in [-0.05, 0) is 36.5 Å². The Labute approximate surface area is 113 Å². The van der Waals surface area contributed by atoms with Crippen LogP contribution in [0.3, 0.4) is 0 Å². The van der Waals surface area contributed by atoms with Gasteiger partial charge in [-0.2, -0.15) is 18.3 Å². The summed E-state index contributed by atoms with van der Waals surface area (Å²) in [5.74, 6) is 0. The van der Waals surface area contributed by atoms with Crippen LogP contribution >= 0.6 is 12.2 Å². The molecular weight excluding hydrogens is 277 g/mol. The first-order chi connectivity index (χ1) is 8.84. The SMILES string of the molecule is NCC/C(=N\NC(N)=S)c1cccc(C(F)(F)F)c1. The molecule has 5 N–H and O–H groups in total. The first kappa shape index (κ1) is 15.4. The number of hydrogen-bond acceptors (Lipinski definition) is 3. The summed E-state index contributed by atoms with van der Waals surface area (Å²) in [6.45, 7) is 0.244. The molecule has 0 aromatic heterocycles. The predicted octanol–water partition coefficient (Wildman–Crippen LogP) is 1.59. The highest BCUT2D eigenvalue weighted by molar-refractivity contribution is 7.80. The van der Waals surface area contributed by atoms with Gasteiger partial charge in [-0.25, -0.2) is 0 Å². The van der Waals surface area contributed by atoms with Crippen LogP contribution in [0.15, 0.2) is 29.4 Å². The Morgan fingerprint density at radius 1 is 1.37 bits per heavy atom. The molecule has 0 saturated carbocycles. The molecular formula is C11H13F3N4S. The molecule has 0 spiro atoms. The molecule has 0 saturated heterocycles. The Hall–Kier alpha value is -1.67. The van der Waals surface area contributed by atoms with E-state index in [1.807, 2.05) is 0 Å². The minimum Gasteiger partial charge on any atom is -0.375 e. The number of nitrogens with two attached hydrogens (primary N) is 2. The van der Waals surface area contributed by atoms with Gasteiger partial charge in [-0.15, -0.1) is 0 Å². The molecule has 0 amide bonds. The largest absolute Gasteiger partial charge is 0.416 e. The van der Waals surface area contributed by atoms with Gasteiger partial charge in [0.2, 0.25) is 0 Å². The Morgan fingerprint density at radius 2 is 2.05 bits per heavy atom. The maximum atomic E-state index is 12.6. The summed E-state index contributed by atoms with van der Waals surface area (Å²) in [4.78, 5) is 0. The summed E-state index contributed by atoms with van der Waals surface area (Å²) in [5.41, 5.74) is 12.9. The van der Waals surface area contributed by atoms with Crippen molar-refractivity contribution in [1.29, 1.82) is 0 Å². The summed E-state index contributed by atoms with van der Waals surface area (Å²) in [5, 5.41) is 3.79. The van der Waals surface area contributed by atoms with Crippen LogP contribution in [0.2, 0.25) is 0 Å². The van der Waals surface area contributed by atoms with Crippen LogP contribution in [0.4, 0.5) is 13.2 Å². The number of halogens is 3. The fraction of sp³-hybridized carbons (Fsp3) is 0.273. The molecule has 0 heterocycles. The minimum absolute atomic E-state index is 0.0681. The number of benzene rings is 1. The first-order valence-corrected chi connectivity index (χ1v) is 5.75. The van der Waals surface area contributed by atoms with Crippen LogP contribution < -0.4 is 16.9 Å². The molecule has 0 unspecified atom stereocenters. The monoisotopic (exact) mass is 290 g/mol. The molecule has 0 bridgehead atoms. The average Bonchev–Trinajstić information content (AvgIpc) is 2.33. The van der Waals surface area contributed by atoms with Gasteiger partial charge >= 0.3 is 6.18 Å². The van der Waals surface area contributed by atoms with Gasteiger partial charge in [0.25, 0.3) is 0 Å². The lowest BCUT2D eigenvalue weighted by atomic mass is 10.0. The lowest BCUT2D eigenvalue weighted by Crippen LogP contribution is -2.26. The highest BCUT2D eigenvalue weighted by atomic mass is 32.1. The standard InChI is InChI=1S/C11H13F3N4S/c12-11(13,14)8-3-1-2-7(6-8)9(4-5-15)17-18-10(16)19/h1-3,6H,4-5,15H2,(H3,16,18,19)/b17-9+. The molecule has 0 fully saturated rings. The Balaban J connectivity index is 3.09. The smallest absolute Gasteiger partial charge is 0.375 e. The molecule has 0 aliphatic carbocycles. The quantitative estimate of drug-likeness (QED) is 0.447. The van der Waals surface area contributed by atoms with Crippen molar-refractivity contribution in [2.24, 2.45) is 16.6 Å². The van der Waals surface area contributed by atoms with E-state index in [4.69, 9.17) is 11.5 Å². The Kier molecular flexibility index (Phi) is 5.25. The Bertz CT molecular complexity index is 485. The molecule has 8 heteroatoms. The molecule has 0 atom stereocenters. The van der Waals surface area contributed by atoms with Crippen molar-refractivity contribution in [2.45, 2.75) is 12.6 Å². The van der Waals surface area contributed by atoms with Crippen LogP contribution in [0.25, 0.3) is 0 Å². The summed E-state index contributed by atoms with van der Waals surface area (Å²) in [7, 11) is 0. The summed E-state index contributed by atoms with van der Waals surface area (Å²) in [6, 6.07) is 4.83. The average molecular weight is 290 g/mol. The molecule has 1 aromatic carbocycles. The second-order valence-corrected chi connectivity index (χ2v) is 4.09. The molecule has 104 valence electrons. The summed E-state index contributed by atoms with van der Waals surface area (Å²) in [6.07, 6.45) is -4.10. The number of thiocarbonyl (C=S) groups is 1. The van der Waals surface area contributed by atoms with Crippen molar-refractivity contribution in [3.8, 4) is 0 Å². The van der Waals surface area contributed by atoms with E-state index >= 15 is 0 Å². The van der Waals surface area contributed by atoms with Crippen LogP contribution in [-0.2, 0) is 6.18 Å². The van der Waals surface area contributed by atoms with Crippen molar-refractivity contribution in [2.75, 3.05) is 6.54 Å². The van der Waals surface area contributed by atoms with Crippen molar-refractivity contribution in [3.63, 3.8) is 0 Å². The third-order valence-electron chi connectivity index (χ3n) is 2.21. The van der Waals surface area contributed by atoms with Crippen LogP contribution in [0.5, 0.6) is 0 Å². The van der Waals surface area contributed by atoms with Gasteiger partial charge < -0.3 is 11.5 Å².